The third-order valence-corrected chi connectivity index (χ3v) is 3.59. The van der Waals surface area contributed by atoms with Crippen LogP contribution in [0.5, 0.6) is 0 Å². The monoisotopic (exact) mass is 272 g/mol. The molecule has 5 nitrogen and oxygen atoms in total. The van der Waals surface area contributed by atoms with Gasteiger partial charge in [0.15, 0.2) is 5.69 Å². The molecule has 2 heterocycles. The summed E-state index contributed by atoms with van der Waals surface area (Å²) in [6.07, 6.45) is 0.895. The highest BCUT2D eigenvalue weighted by molar-refractivity contribution is 5.97. The summed E-state index contributed by atoms with van der Waals surface area (Å²) in [5.74, 6) is -1.02. The van der Waals surface area contributed by atoms with E-state index in [4.69, 9.17) is 4.74 Å². The van der Waals surface area contributed by atoms with Crippen molar-refractivity contribution in [3.05, 3.63) is 36.0 Å². The van der Waals surface area contributed by atoms with Crippen molar-refractivity contribution in [2.24, 2.45) is 0 Å². The van der Waals surface area contributed by atoms with Crippen molar-refractivity contribution in [3.8, 4) is 0 Å². The highest BCUT2D eigenvalue weighted by atomic mass is 16.5. The highest BCUT2D eigenvalue weighted by Gasteiger charge is 2.30. The third-order valence-electron chi connectivity index (χ3n) is 3.59. The first-order valence-electron chi connectivity index (χ1n) is 6.56. The minimum Gasteiger partial charge on any atom is -0.477 e. The number of aromatic carboxylic acids is 1. The molecule has 1 aliphatic rings. The second-order valence-electron chi connectivity index (χ2n) is 5.37. The van der Waals surface area contributed by atoms with E-state index in [1.165, 1.54) is 0 Å². The molecule has 1 aliphatic heterocycles. The Kier molecular flexibility index (Phi) is 3.06. The standard InChI is InChI=1S/C15H16N2O3/c1-15(6-7-20-9-15)17-12-8-13(14(18)19)16-11-5-3-2-4-10(11)12/h2-5,8H,6-7,9H2,1H3,(H,16,17)(H,18,19). The Labute approximate surface area is 116 Å². The molecule has 1 aromatic heterocycles. The molecule has 1 atom stereocenters. The zero-order valence-corrected chi connectivity index (χ0v) is 11.2. The fourth-order valence-electron chi connectivity index (χ4n) is 2.48. The van der Waals surface area contributed by atoms with Crippen LogP contribution in [0.2, 0.25) is 0 Å². The molecule has 2 N–H and O–H groups in total. The number of fused-ring (bicyclic) bond motifs is 1. The zero-order chi connectivity index (χ0) is 14.2. The Hall–Kier alpha value is -2.14. The number of nitrogens with zero attached hydrogens (tertiary/aromatic N) is 1. The molecule has 20 heavy (non-hydrogen) atoms. The van der Waals surface area contributed by atoms with Crippen LogP contribution < -0.4 is 5.32 Å². The minimum absolute atomic E-state index is 0.0497. The molecule has 104 valence electrons. The first-order valence-corrected chi connectivity index (χ1v) is 6.56. The number of carboxylic acids is 1. The lowest BCUT2D eigenvalue weighted by molar-refractivity contribution is 0.0691. The largest absolute Gasteiger partial charge is 0.477 e. The summed E-state index contributed by atoms with van der Waals surface area (Å²) in [5.41, 5.74) is 1.35. The number of rotatable bonds is 3. The van der Waals surface area contributed by atoms with Crippen molar-refractivity contribution in [3.63, 3.8) is 0 Å². The molecule has 1 saturated heterocycles. The van der Waals surface area contributed by atoms with E-state index in [0.29, 0.717) is 12.1 Å². The Balaban J connectivity index is 2.09. The van der Waals surface area contributed by atoms with E-state index in [1.807, 2.05) is 24.3 Å². The fourth-order valence-corrected chi connectivity index (χ4v) is 2.48. The van der Waals surface area contributed by atoms with Crippen LogP contribution in [0.4, 0.5) is 5.69 Å². The van der Waals surface area contributed by atoms with Crippen LogP contribution in [0.15, 0.2) is 30.3 Å². The van der Waals surface area contributed by atoms with E-state index in [9.17, 15) is 9.90 Å². The van der Waals surface area contributed by atoms with Crippen LogP contribution in [-0.2, 0) is 4.74 Å². The van der Waals surface area contributed by atoms with Crippen molar-refractivity contribution < 1.29 is 14.6 Å². The summed E-state index contributed by atoms with van der Waals surface area (Å²) >= 11 is 0. The second-order valence-corrected chi connectivity index (χ2v) is 5.37. The van der Waals surface area contributed by atoms with Gasteiger partial charge < -0.3 is 15.2 Å². The van der Waals surface area contributed by atoms with Crippen LogP contribution in [0, 0.1) is 0 Å². The number of carboxylic acid groups (broad SMARTS) is 1. The molecule has 0 aliphatic carbocycles. The molecule has 3 rings (SSSR count). The number of benzene rings is 1. The summed E-state index contributed by atoms with van der Waals surface area (Å²) < 4.78 is 5.43. The van der Waals surface area contributed by atoms with Crippen LogP contribution in [0.3, 0.4) is 0 Å². The van der Waals surface area contributed by atoms with E-state index < -0.39 is 5.97 Å². The van der Waals surface area contributed by atoms with Crippen LogP contribution in [-0.4, -0.2) is 34.8 Å². The van der Waals surface area contributed by atoms with E-state index in [0.717, 1.165) is 24.1 Å². The number of para-hydroxylation sites is 1. The zero-order valence-electron chi connectivity index (χ0n) is 11.2. The quantitative estimate of drug-likeness (QED) is 0.898. The van der Waals surface area contributed by atoms with Crippen molar-refractivity contribution in [1.29, 1.82) is 0 Å². The number of nitrogens with one attached hydrogen (secondary N) is 1. The predicted octanol–water partition coefficient (Wildman–Crippen LogP) is 2.52. The molecule has 2 aromatic rings. The highest BCUT2D eigenvalue weighted by Crippen LogP contribution is 2.29. The summed E-state index contributed by atoms with van der Waals surface area (Å²) in [5, 5.41) is 13.5. The topological polar surface area (TPSA) is 71.5 Å². The summed E-state index contributed by atoms with van der Waals surface area (Å²) in [7, 11) is 0. The normalized spacial score (nSPS) is 22.1. The number of ether oxygens (including phenoxy) is 1. The molecule has 1 aromatic carbocycles. The minimum atomic E-state index is -1.02. The third kappa shape index (κ3) is 2.32. The molecule has 0 amide bonds. The molecule has 5 heteroatoms. The van der Waals surface area contributed by atoms with Gasteiger partial charge in [-0.25, -0.2) is 9.78 Å². The van der Waals surface area contributed by atoms with Gasteiger partial charge in [-0.15, -0.1) is 0 Å². The first-order chi connectivity index (χ1) is 9.57. The second kappa shape index (κ2) is 4.76. The number of carbonyl (C=O) groups is 1. The molecule has 0 spiro atoms. The van der Waals surface area contributed by atoms with Gasteiger partial charge in [0.2, 0.25) is 0 Å². The Morgan fingerprint density at radius 3 is 2.95 bits per heavy atom. The van der Waals surface area contributed by atoms with E-state index in [-0.39, 0.29) is 11.2 Å². The van der Waals surface area contributed by atoms with E-state index in [1.54, 1.807) is 6.07 Å². The SMILES string of the molecule is CC1(Nc2cc(C(=O)O)nc3ccccc23)CCOC1. The van der Waals surface area contributed by atoms with Crippen molar-refractivity contribution in [2.75, 3.05) is 18.5 Å². The van der Waals surface area contributed by atoms with Crippen LogP contribution in [0.25, 0.3) is 10.9 Å². The average molecular weight is 272 g/mol. The summed E-state index contributed by atoms with van der Waals surface area (Å²) in [4.78, 5) is 15.4. The molecular weight excluding hydrogens is 256 g/mol. The number of pyridine rings is 1. The van der Waals surface area contributed by atoms with E-state index in [2.05, 4.69) is 17.2 Å². The van der Waals surface area contributed by atoms with Gasteiger partial charge in [0.25, 0.3) is 0 Å². The van der Waals surface area contributed by atoms with Gasteiger partial charge in [-0.1, -0.05) is 18.2 Å². The lowest BCUT2D eigenvalue weighted by Crippen LogP contribution is -2.35. The molecule has 1 fully saturated rings. The number of aromatic nitrogens is 1. The number of anilines is 1. The Bertz CT molecular complexity index is 663. The molecule has 0 bridgehead atoms. The molecule has 1 unspecified atom stereocenters. The maximum absolute atomic E-state index is 11.2. The van der Waals surface area contributed by atoms with Gasteiger partial charge in [-0.05, 0) is 25.5 Å². The van der Waals surface area contributed by atoms with Gasteiger partial charge in [0, 0.05) is 17.7 Å². The van der Waals surface area contributed by atoms with Gasteiger partial charge in [-0.2, -0.15) is 0 Å². The van der Waals surface area contributed by atoms with Gasteiger partial charge >= 0.3 is 5.97 Å². The van der Waals surface area contributed by atoms with Gasteiger partial charge in [-0.3, -0.25) is 0 Å². The lowest BCUT2D eigenvalue weighted by atomic mass is 10.0. The maximum Gasteiger partial charge on any atom is 0.354 e. The summed E-state index contributed by atoms with van der Waals surface area (Å²) in [6, 6.07) is 9.12. The Morgan fingerprint density at radius 2 is 2.25 bits per heavy atom. The predicted molar refractivity (Wildman–Crippen MR) is 76.2 cm³/mol. The Morgan fingerprint density at radius 1 is 1.45 bits per heavy atom. The summed E-state index contributed by atoms with van der Waals surface area (Å²) in [6.45, 7) is 3.42. The average Bonchev–Trinajstić information content (AvgIpc) is 2.85. The maximum atomic E-state index is 11.2. The van der Waals surface area contributed by atoms with Crippen molar-refractivity contribution >= 4 is 22.6 Å². The van der Waals surface area contributed by atoms with Crippen molar-refractivity contribution in [1.82, 2.24) is 4.98 Å². The molecular formula is C15H16N2O3. The van der Waals surface area contributed by atoms with Gasteiger partial charge in [0.1, 0.15) is 0 Å². The first kappa shape index (κ1) is 12.9. The van der Waals surface area contributed by atoms with Gasteiger partial charge in [0.05, 0.1) is 17.7 Å². The lowest BCUT2D eigenvalue weighted by Gasteiger charge is -2.26. The van der Waals surface area contributed by atoms with Crippen LogP contribution in [0.1, 0.15) is 23.8 Å². The van der Waals surface area contributed by atoms with Crippen LogP contribution >= 0.6 is 0 Å². The molecule has 0 saturated carbocycles. The number of hydrogen-bond donors (Lipinski definition) is 2. The van der Waals surface area contributed by atoms with Crippen molar-refractivity contribution in [2.45, 2.75) is 18.9 Å². The smallest absolute Gasteiger partial charge is 0.354 e. The number of hydrogen-bond acceptors (Lipinski definition) is 4. The fraction of sp³-hybridized carbons (Fsp3) is 0.333. The molecule has 0 radical (unpaired) electrons. The van der Waals surface area contributed by atoms with E-state index >= 15 is 0 Å².